The monoisotopic (exact) mass is 348 g/mol. The van der Waals surface area contributed by atoms with Gasteiger partial charge in [0, 0.05) is 0 Å². The fourth-order valence-corrected chi connectivity index (χ4v) is 0.574. The minimum atomic E-state index is -1.13. The first-order valence-corrected chi connectivity index (χ1v) is 7.50. The third-order valence-electron chi connectivity index (χ3n) is 1.01. The van der Waals surface area contributed by atoms with Crippen molar-refractivity contribution in [1.82, 2.24) is 0 Å². The molecule has 0 saturated carbocycles. The molecule has 0 N–H and O–H groups in total. The molecule has 0 aliphatic heterocycles. The maximum atomic E-state index is 10.1. The van der Waals surface area contributed by atoms with Crippen LogP contribution in [0.4, 0.5) is 0 Å². The van der Waals surface area contributed by atoms with E-state index in [0.717, 1.165) is 0 Å². The molecule has 70 valence electrons. The van der Waals surface area contributed by atoms with Gasteiger partial charge in [0.25, 0.3) is 0 Å². The molecule has 0 fully saturated rings. The van der Waals surface area contributed by atoms with Crippen LogP contribution in [0.15, 0.2) is 30.3 Å². The van der Waals surface area contributed by atoms with Crippen molar-refractivity contribution in [2.45, 2.75) is 10.3 Å². The Morgan fingerprint density at radius 1 is 1.25 bits per heavy atom. The Bertz CT molecular complexity index is 221. The van der Waals surface area contributed by atoms with Crippen LogP contribution in [0.1, 0.15) is 10.4 Å². The van der Waals surface area contributed by atoms with Gasteiger partial charge in [0.15, 0.2) is 0 Å². The second-order valence-electron chi connectivity index (χ2n) is 1.95. The first kappa shape index (κ1) is 11.4. The number of carbonyl (C=O) groups excluding carboxylic acids is 1. The van der Waals surface area contributed by atoms with Crippen LogP contribution in [0.2, 0.25) is 10.3 Å². The Kier molecular flexibility index (Phi) is 6.76. The summed E-state index contributed by atoms with van der Waals surface area (Å²) in [6.45, 7) is 0. The molecule has 1 aromatic rings. The molecule has 0 unspecified atom stereocenters. The number of carboxylic acids is 1. The van der Waals surface area contributed by atoms with Gasteiger partial charge in [0.1, 0.15) is 0 Å². The Labute approximate surface area is 81.9 Å². The van der Waals surface area contributed by atoms with Crippen molar-refractivity contribution >= 4 is 5.97 Å². The third kappa shape index (κ3) is 5.13. The summed E-state index contributed by atoms with van der Waals surface area (Å²) in [5.41, 5.74) is 0.220. The Hall–Kier alpha value is -0.570. The van der Waals surface area contributed by atoms with Crippen LogP contribution in [0.5, 0.6) is 0 Å². The summed E-state index contributed by atoms with van der Waals surface area (Å²) in [5.74, 6) is -1.13. The molecule has 0 amide bonds. The van der Waals surface area contributed by atoms with Crippen LogP contribution >= 0.6 is 0 Å². The second-order valence-corrected chi connectivity index (χ2v) is 4.12. The van der Waals surface area contributed by atoms with Crippen molar-refractivity contribution in [2.75, 3.05) is 0 Å². The zero-order chi connectivity index (χ0) is 9.40. The zero-order valence-corrected chi connectivity index (χ0v) is 9.17. The Morgan fingerprint density at radius 3 is 1.92 bits per heavy atom. The van der Waals surface area contributed by atoms with Crippen LogP contribution in [-0.4, -0.2) is 5.97 Å². The van der Waals surface area contributed by atoms with E-state index in [-0.39, 0.29) is 5.56 Å². The number of carbonyl (C=O) groups is 1. The molecule has 1 rings (SSSR count). The predicted octanol–water partition coefficient (Wildman–Crippen LogP) is 1.22. The Balaban J connectivity index is 0.000000354. The molecule has 0 bridgehead atoms. The second kappa shape index (κ2) is 7.10. The van der Waals surface area contributed by atoms with Crippen molar-refractivity contribution in [3.63, 3.8) is 0 Å². The quantitative estimate of drug-likeness (QED) is 0.716. The normalized spacial score (nSPS) is 8.50. The predicted molar refractivity (Wildman–Crippen MR) is 42.5 cm³/mol. The summed E-state index contributed by atoms with van der Waals surface area (Å²) in [7, 11) is 0. The summed E-state index contributed by atoms with van der Waals surface area (Å²) >= 11 is 0.667. The van der Waals surface area contributed by atoms with Gasteiger partial charge in [0.05, 0.1) is 5.97 Å². The molecule has 0 aromatic heterocycles. The molecule has 0 heterocycles. The first-order valence-electron chi connectivity index (χ1n) is 3.17. The van der Waals surface area contributed by atoms with E-state index in [4.69, 9.17) is 0 Å². The van der Waals surface area contributed by atoms with Gasteiger partial charge in [-0.05, 0) is 5.56 Å². The first-order chi connectivity index (χ1) is 5.72. The van der Waals surface area contributed by atoms with Crippen LogP contribution in [0, 0.1) is 0 Å². The molecule has 0 radical (unpaired) electrons. The molecule has 3 heteroatoms. The molecule has 0 spiro atoms. The van der Waals surface area contributed by atoms with Crippen molar-refractivity contribution < 1.29 is 29.7 Å². The van der Waals surface area contributed by atoms with Gasteiger partial charge < -0.3 is 9.90 Å². The van der Waals surface area contributed by atoms with Crippen molar-refractivity contribution in [3.8, 4) is 0 Å². The maximum absolute atomic E-state index is 10.1. The van der Waals surface area contributed by atoms with Crippen molar-refractivity contribution in [1.29, 1.82) is 0 Å². The van der Waals surface area contributed by atoms with Crippen molar-refractivity contribution in [2.24, 2.45) is 0 Å². The van der Waals surface area contributed by atoms with Gasteiger partial charge in [-0.3, -0.25) is 0 Å². The topological polar surface area (TPSA) is 40.1 Å². The van der Waals surface area contributed by atoms with Crippen LogP contribution in [-0.2, 0) is 19.8 Å². The van der Waals surface area contributed by atoms with E-state index < -0.39 is 5.97 Å². The van der Waals surface area contributed by atoms with E-state index >= 15 is 0 Å². The number of hydrogen-bond donors (Lipinski definition) is 0. The van der Waals surface area contributed by atoms with E-state index in [1.807, 2.05) is 0 Å². The minimum absolute atomic E-state index is 0.220. The van der Waals surface area contributed by atoms with Gasteiger partial charge in [0.2, 0.25) is 0 Å². The van der Waals surface area contributed by atoms with Gasteiger partial charge >= 0.3 is 30.0 Å². The summed E-state index contributed by atoms with van der Waals surface area (Å²) in [6.07, 6.45) is 0. The van der Waals surface area contributed by atoms with Crippen molar-refractivity contribution in [3.05, 3.63) is 35.9 Å². The van der Waals surface area contributed by atoms with Gasteiger partial charge in [-0.15, -0.1) is 0 Å². The fraction of sp³-hybridized carbons (Fsp3) is 0.222. The average Bonchev–Trinajstić information content (AvgIpc) is 2.07. The third-order valence-corrected chi connectivity index (χ3v) is 1.01. The van der Waals surface area contributed by atoms with E-state index in [1.165, 1.54) is 12.1 Å². The summed E-state index contributed by atoms with van der Waals surface area (Å²) < 4.78 is 0. The van der Waals surface area contributed by atoms with E-state index in [9.17, 15) is 9.90 Å². The number of hydrogen-bond acceptors (Lipinski definition) is 2. The van der Waals surface area contributed by atoms with E-state index in [2.05, 4.69) is 10.3 Å². The summed E-state index contributed by atoms with van der Waals surface area (Å²) in [6, 6.07) is 8.06. The summed E-state index contributed by atoms with van der Waals surface area (Å²) in [5, 5.41) is 14.5. The molecule has 12 heavy (non-hydrogen) atoms. The van der Waals surface area contributed by atoms with Gasteiger partial charge in [-0.1, -0.05) is 30.3 Å². The molecule has 0 aliphatic rings. The number of aromatic carboxylic acids is 1. The number of rotatable bonds is 1. The number of benzene rings is 1. The van der Waals surface area contributed by atoms with Gasteiger partial charge in [-0.2, -0.15) is 0 Å². The van der Waals surface area contributed by atoms with Crippen LogP contribution < -0.4 is 5.11 Å². The Morgan fingerprint density at radius 2 is 1.67 bits per heavy atom. The number of carboxylic acid groups (broad SMARTS) is 1. The SMILES string of the molecule is O=C([O-])c1ccccc1.[CH3][Au+][CH3]. The molecule has 0 atom stereocenters. The standard InChI is InChI=1S/C7H6O2.2CH3.Au/c8-7(9)6-4-2-1-3-5-6;;;/h1-5H,(H,8,9);2*1H3;/q;;;+1/p-1. The van der Waals surface area contributed by atoms with E-state index in [0.29, 0.717) is 19.8 Å². The molecular formula is C9H11AuO2. The molecule has 2 nitrogen and oxygen atoms in total. The molecule has 0 saturated heterocycles. The van der Waals surface area contributed by atoms with Gasteiger partial charge in [-0.25, -0.2) is 0 Å². The van der Waals surface area contributed by atoms with Crippen LogP contribution in [0.25, 0.3) is 0 Å². The van der Waals surface area contributed by atoms with Crippen LogP contribution in [0.3, 0.4) is 0 Å². The zero-order valence-electron chi connectivity index (χ0n) is 7.00. The molecule has 1 aromatic carbocycles. The fourth-order valence-electron chi connectivity index (χ4n) is 0.574. The van der Waals surface area contributed by atoms with E-state index in [1.54, 1.807) is 18.2 Å². The molecule has 0 aliphatic carbocycles. The summed E-state index contributed by atoms with van der Waals surface area (Å²) in [4.78, 5) is 10.1. The average molecular weight is 348 g/mol. The molecular weight excluding hydrogens is 337 g/mol.